The summed E-state index contributed by atoms with van der Waals surface area (Å²) in [6, 6.07) is 34.7. The summed E-state index contributed by atoms with van der Waals surface area (Å²) in [7, 11) is 0. The van der Waals surface area contributed by atoms with Crippen molar-refractivity contribution in [3.63, 3.8) is 0 Å². The van der Waals surface area contributed by atoms with Crippen molar-refractivity contribution in [3.05, 3.63) is 119 Å². The maximum Gasteiger partial charge on any atom is 0.119 e. The molecular formula is C31H26O4. The third-order valence-corrected chi connectivity index (χ3v) is 7.20. The fourth-order valence-corrected chi connectivity index (χ4v) is 5.33. The minimum atomic E-state index is -0.427. The van der Waals surface area contributed by atoms with Crippen LogP contribution in [0.25, 0.3) is 11.1 Å². The minimum absolute atomic E-state index is 0.238. The molecule has 0 radical (unpaired) electrons. The fraction of sp³-hybridized carbons (Fsp3) is 0.226. The molecule has 4 heteroatoms. The van der Waals surface area contributed by atoms with E-state index < -0.39 is 5.41 Å². The quantitative estimate of drug-likeness (QED) is 0.281. The van der Waals surface area contributed by atoms with Gasteiger partial charge in [-0.25, -0.2) is 0 Å². The SMILES string of the molecule is c1ccc2c(c1)-c1ccccc1C2(c1ccc(OCC2CO2)cc1)c1ccc(OCC2CO2)cc1. The van der Waals surface area contributed by atoms with Gasteiger partial charge in [0.05, 0.1) is 18.6 Å². The molecular weight excluding hydrogens is 436 g/mol. The van der Waals surface area contributed by atoms with Gasteiger partial charge < -0.3 is 18.9 Å². The van der Waals surface area contributed by atoms with E-state index in [1.807, 2.05) is 0 Å². The molecule has 0 N–H and O–H groups in total. The monoisotopic (exact) mass is 462 g/mol. The van der Waals surface area contributed by atoms with Crippen LogP contribution >= 0.6 is 0 Å². The first-order chi connectivity index (χ1) is 17.3. The lowest BCUT2D eigenvalue weighted by molar-refractivity contribution is 0.263. The van der Waals surface area contributed by atoms with E-state index in [1.165, 1.54) is 33.4 Å². The molecule has 0 bridgehead atoms. The molecule has 2 atom stereocenters. The van der Waals surface area contributed by atoms with Crippen LogP contribution in [-0.2, 0) is 14.9 Å². The van der Waals surface area contributed by atoms with Crippen molar-refractivity contribution in [2.45, 2.75) is 17.6 Å². The van der Waals surface area contributed by atoms with E-state index in [9.17, 15) is 0 Å². The second-order valence-electron chi connectivity index (χ2n) is 9.42. The Balaban J connectivity index is 1.35. The Bertz CT molecular complexity index is 1240. The number of hydrogen-bond acceptors (Lipinski definition) is 4. The number of ether oxygens (including phenoxy) is 4. The average molecular weight is 463 g/mol. The summed E-state index contributed by atoms with van der Waals surface area (Å²) in [5.41, 5.74) is 7.14. The summed E-state index contributed by atoms with van der Waals surface area (Å²) in [4.78, 5) is 0. The van der Waals surface area contributed by atoms with Crippen LogP contribution in [0.2, 0.25) is 0 Å². The molecule has 0 saturated carbocycles. The highest BCUT2D eigenvalue weighted by atomic mass is 16.6. The highest BCUT2D eigenvalue weighted by Gasteiger charge is 2.45. The van der Waals surface area contributed by atoms with Gasteiger partial charge in [-0.05, 0) is 57.6 Å². The topological polar surface area (TPSA) is 43.5 Å². The number of hydrogen-bond donors (Lipinski definition) is 0. The van der Waals surface area contributed by atoms with Gasteiger partial charge in [0.1, 0.15) is 36.9 Å². The van der Waals surface area contributed by atoms with Gasteiger partial charge in [0, 0.05) is 0 Å². The zero-order valence-electron chi connectivity index (χ0n) is 19.4. The fourth-order valence-electron chi connectivity index (χ4n) is 5.33. The highest BCUT2D eigenvalue weighted by Crippen LogP contribution is 2.56. The van der Waals surface area contributed by atoms with Crippen molar-refractivity contribution in [2.75, 3.05) is 26.4 Å². The van der Waals surface area contributed by atoms with E-state index in [-0.39, 0.29) is 12.2 Å². The molecule has 0 amide bonds. The van der Waals surface area contributed by atoms with Gasteiger partial charge in [-0.1, -0.05) is 72.8 Å². The van der Waals surface area contributed by atoms with E-state index in [0.29, 0.717) is 13.2 Å². The van der Waals surface area contributed by atoms with Gasteiger partial charge >= 0.3 is 0 Å². The van der Waals surface area contributed by atoms with Gasteiger partial charge in [0.15, 0.2) is 0 Å². The van der Waals surface area contributed by atoms with Gasteiger partial charge in [0.2, 0.25) is 0 Å². The number of rotatable bonds is 8. The molecule has 2 unspecified atom stereocenters. The average Bonchev–Trinajstić information content (AvgIpc) is 3.85. The first-order valence-electron chi connectivity index (χ1n) is 12.2. The zero-order valence-corrected chi connectivity index (χ0v) is 19.4. The molecule has 1 aliphatic carbocycles. The molecule has 174 valence electrons. The summed E-state index contributed by atoms with van der Waals surface area (Å²) < 4.78 is 22.5. The Labute approximate surface area is 205 Å². The van der Waals surface area contributed by atoms with E-state index in [2.05, 4.69) is 97.1 Å². The number of fused-ring (bicyclic) bond motifs is 3. The van der Waals surface area contributed by atoms with E-state index >= 15 is 0 Å². The summed E-state index contributed by atoms with van der Waals surface area (Å²) >= 11 is 0. The zero-order chi connectivity index (χ0) is 23.2. The van der Waals surface area contributed by atoms with Crippen molar-refractivity contribution in [3.8, 4) is 22.6 Å². The van der Waals surface area contributed by atoms with Crippen LogP contribution in [0.1, 0.15) is 22.3 Å². The lowest BCUT2D eigenvalue weighted by Crippen LogP contribution is -2.28. The molecule has 4 aromatic rings. The molecule has 2 saturated heterocycles. The first kappa shape index (κ1) is 20.7. The minimum Gasteiger partial charge on any atom is -0.491 e. The summed E-state index contributed by atoms with van der Waals surface area (Å²) in [6.07, 6.45) is 0.476. The van der Waals surface area contributed by atoms with Crippen molar-refractivity contribution >= 4 is 0 Å². The molecule has 2 aliphatic heterocycles. The number of benzene rings is 4. The Morgan fingerprint density at radius 3 is 1.37 bits per heavy atom. The normalized spacial score (nSPS) is 20.6. The summed E-state index contributed by atoms with van der Waals surface area (Å²) in [6.45, 7) is 2.79. The van der Waals surface area contributed by atoms with E-state index in [1.54, 1.807) is 0 Å². The Kier molecular flexibility index (Phi) is 4.90. The molecule has 7 rings (SSSR count). The summed E-state index contributed by atoms with van der Waals surface area (Å²) in [5, 5.41) is 0. The van der Waals surface area contributed by atoms with Gasteiger partial charge in [-0.2, -0.15) is 0 Å². The predicted molar refractivity (Wildman–Crippen MR) is 134 cm³/mol. The van der Waals surface area contributed by atoms with Crippen molar-refractivity contribution < 1.29 is 18.9 Å². The molecule has 4 aromatic carbocycles. The molecule has 0 spiro atoms. The second-order valence-corrected chi connectivity index (χ2v) is 9.42. The van der Waals surface area contributed by atoms with E-state index in [4.69, 9.17) is 18.9 Å². The molecule has 3 aliphatic rings. The molecule has 2 heterocycles. The maximum absolute atomic E-state index is 5.94. The van der Waals surface area contributed by atoms with Gasteiger partial charge in [-0.15, -0.1) is 0 Å². The van der Waals surface area contributed by atoms with Crippen LogP contribution in [0, 0.1) is 0 Å². The Morgan fingerprint density at radius 1 is 0.571 bits per heavy atom. The van der Waals surface area contributed by atoms with Crippen LogP contribution in [0.15, 0.2) is 97.1 Å². The lowest BCUT2D eigenvalue weighted by atomic mass is 9.68. The van der Waals surface area contributed by atoms with E-state index in [0.717, 1.165) is 24.7 Å². The largest absolute Gasteiger partial charge is 0.491 e. The van der Waals surface area contributed by atoms with Gasteiger partial charge in [0.25, 0.3) is 0 Å². The predicted octanol–water partition coefficient (Wildman–Crippen LogP) is 5.60. The maximum atomic E-state index is 5.94. The standard InChI is InChI=1S/C31H26O4/c1-3-7-29-27(5-1)28-6-2-4-8-30(28)31(29,21-9-13-23(14-10-21)32-17-25-19-34-25)22-11-15-24(16-12-22)33-18-26-20-35-26/h1-16,25-26H,17-20H2. The molecule has 2 fully saturated rings. The third-order valence-electron chi connectivity index (χ3n) is 7.20. The lowest BCUT2D eigenvalue weighted by Gasteiger charge is -2.34. The van der Waals surface area contributed by atoms with Crippen LogP contribution in [0.3, 0.4) is 0 Å². The second kappa shape index (κ2) is 8.26. The van der Waals surface area contributed by atoms with Crippen LogP contribution in [0.5, 0.6) is 11.5 Å². The third kappa shape index (κ3) is 3.61. The molecule has 4 nitrogen and oxygen atoms in total. The van der Waals surface area contributed by atoms with Crippen molar-refractivity contribution in [1.29, 1.82) is 0 Å². The summed E-state index contributed by atoms with van der Waals surface area (Å²) in [5.74, 6) is 1.73. The Hall–Kier alpha value is -3.60. The Morgan fingerprint density at radius 2 is 0.971 bits per heavy atom. The number of epoxide rings is 2. The van der Waals surface area contributed by atoms with Crippen molar-refractivity contribution in [1.82, 2.24) is 0 Å². The highest BCUT2D eigenvalue weighted by molar-refractivity contribution is 5.86. The smallest absolute Gasteiger partial charge is 0.119 e. The van der Waals surface area contributed by atoms with Crippen LogP contribution in [0.4, 0.5) is 0 Å². The van der Waals surface area contributed by atoms with Crippen LogP contribution in [-0.4, -0.2) is 38.6 Å². The molecule has 35 heavy (non-hydrogen) atoms. The van der Waals surface area contributed by atoms with Gasteiger partial charge in [-0.3, -0.25) is 0 Å². The first-order valence-corrected chi connectivity index (χ1v) is 12.2. The van der Waals surface area contributed by atoms with Crippen molar-refractivity contribution in [2.24, 2.45) is 0 Å². The van der Waals surface area contributed by atoms with Crippen LogP contribution < -0.4 is 9.47 Å². The molecule has 0 aromatic heterocycles.